The minimum atomic E-state index is 0.144. The van der Waals surface area contributed by atoms with Crippen LogP contribution in [0.3, 0.4) is 0 Å². The molecule has 2 N–H and O–H groups in total. The maximum atomic E-state index is 6.39. The molecule has 1 aromatic heterocycles. The number of nitrogens with zero attached hydrogens (tertiary/aromatic N) is 2. The maximum Gasteiger partial charge on any atom is 0.113 e. The van der Waals surface area contributed by atoms with E-state index < -0.39 is 0 Å². The fourth-order valence-corrected chi connectivity index (χ4v) is 2.50. The number of aromatic nitrogens is 2. The smallest absolute Gasteiger partial charge is 0.113 e. The second-order valence-electron chi connectivity index (χ2n) is 4.93. The first-order chi connectivity index (χ1) is 9.11. The van der Waals surface area contributed by atoms with E-state index >= 15 is 0 Å². The van der Waals surface area contributed by atoms with E-state index in [1.807, 2.05) is 31.5 Å². The molecule has 0 fully saturated rings. The van der Waals surface area contributed by atoms with Crippen LogP contribution in [0.4, 0.5) is 0 Å². The Morgan fingerprint density at radius 1 is 1.42 bits per heavy atom. The van der Waals surface area contributed by atoms with E-state index in [9.17, 15) is 0 Å². The van der Waals surface area contributed by atoms with Gasteiger partial charge in [0.2, 0.25) is 0 Å². The van der Waals surface area contributed by atoms with Gasteiger partial charge in [0.15, 0.2) is 0 Å². The van der Waals surface area contributed by atoms with Crippen LogP contribution in [0.15, 0.2) is 30.6 Å². The summed E-state index contributed by atoms with van der Waals surface area (Å²) in [5.41, 5.74) is 7.96. The van der Waals surface area contributed by atoms with E-state index in [1.165, 1.54) is 5.56 Å². The molecule has 1 unspecified atom stereocenters. The molecule has 3 nitrogen and oxygen atoms in total. The lowest BCUT2D eigenvalue weighted by Gasteiger charge is -2.12. The highest BCUT2D eigenvalue weighted by Crippen LogP contribution is 2.24. The molecule has 0 radical (unpaired) electrons. The summed E-state index contributed by atoms with van der Waals surface area (Å²) in [6.07, 6.45) is 6.63. The Bertz CT molecular complexity index is 546. The van der Waals surface area contributed by atoms with E-state index in [1.54, 1.807) is 0 Å². The van der Waals surface area contributed by atoms with Crippen LogP contribution in [0.5, 0.6) is 0 Å². The Kier molecular flexibility index (Phi) is 4.61. The van der Waals surface area contributed by atoms with Gasteiger partial charge in [-0.3, -0.25) is 0 Å². The Balaban J connectivity index is 2.32. The minimum Gasteiger partial charge on any atom is -0.328 e. The van der Waals surface area contributed by atoms with Crippen LogP contribution >= 0.6 is 11.6 Å². The maximum absolute atomic E-state index is 6.39. The van der Waals surface area contributed by atoms with Crippen molar-refractivity contribution in [2.24, 2.45) is 5.73 Å². The molecule has 0 saturated carbocycles. The Morgan fingerprint density at radius 2 is 2.21 bits per heavy atom. The zero-order valence-electron chi connectivity index (χ0n) is 11.4. The molecule has 1 aromatic carbocycles. The topological polar surface area (TPSA) is 43.8 Å². The summed E-state index contributed by atoms with van der Waals surface area (Å²) >= 11 is 6.39. The first-order valence-corrected chi connectivity index (χ1v) is 7.06. The highest BCUT2D eigenvalue weighted by atomic mass is 35.5. The van der Waals surface area contributed by atoms with Gasteiger partial charge in [-0.2, -0.15) is 0 Å². The number of halogens is 1. The van der Waals surface area contributed by atoms with Crippen molar-refractivity contribution in [2.75, 3.05) is 0 Å². The van der Waals surface area contributed by atoms with Crippen LogP contribution in [0.1, 0.15) is 31.7 Å². The van der Waals surface area contributed by atoms with E-state index in [0.29, 0.717) is 0 Å². The van der Waals surface area contributed by atoms with Crippen molar-refractivity contribution in [3.05, 3.63) is 47.0 Å². The fourth-order valence-electron chi connectivity index (χ4n) is 2.21. The Hall–Kier alpha value is -1.32. The molecule has 2 aromatic rings. The summed E-state index contributed by atoms with van der Waals surface area (Å²) in [7, 11) is 0. The molecule has 0 aliphatic carbocycles. The van der Waals surface area contributed by atoms with Crippen molar-refractivity contribution >= 4 is 11.6 Å². The number of benzene rings is 1. The van der Waals surface area contributed by atoms with Crippen LogP contribution in [-0.4, -0.2) is 15.6 Å². The second-order valence-corrected chi connectivity index (χ2v) is 5.34. The normalized spacial score (nSPS) is 12.6. The van der Waals surface area contributed by atoms with Crippen molar-refractivity contribution in [1.29, 1.82) is 0 Å². The van der Waals surface area contributed by atoms with E-state index in [4.69, 9.17) is 17.3 Å². The van der Waals surface area contributed by atoms with Gasteiger partial charge in [0.1, 0.15) is 5.82 Å². The summed E-state index contributed by atoms with van der Waals surface area (Å²) in [5, 5.41) is 0.744. The van der Waals surface area contributed by atoms with Gasteiger partial charge < -0.3 is 10.3 Å². The molecule has 0 aliphatic heterocycles. The monoisotopic (exact) mass is 277 g/mol. The van der Waals surface area contributed by atoms with Gasteiger partial charge in [-0.1, -0.05) is 24.6 Å². The summed E-state index contributed by atoms with van der Waals surface area (Å²) in [6.45, 7) is 4.14. The number of rotatable bonds is 5. The second kappa shape index (κ2) is 6.22. The largest absolute Gasteiger partial charge is 0.328 e. The zero-order chi connectivity index (χ0) is 13.8. The molecule has 1 atom stereocenters. The predicted molar refractivity (Wildman–Crippen MR) is 79.9 cm³/mol. The summed E-state index contributed by atoms with van der Waals surface area (Å²) < 4.78 is 2.06. The van der Waals surface area contributed by atoms with Crippen LogP contribution in [0.2, 0.25) is 5.02 Å². The van der Waals surface area contributed by atoms with Gasteiger partial charge in [-0.25, -0.2) is 4.98 Å². The molecule has 0 spiro atoms. The highest BCUT2D eigenvalue weighted by molar-refractivity contribution is 6.32. The molecular formula is C15H20ClN3. The molecule has 4 heteroatoms. The molecule has 1 heterocycles. The van der Waals surface area contributed by atoms with Crippen LogP contribution in [0.25, 0.3) is 5.69 Å². The van der Waals surface area contributed by atoms with Gasteiger partial charge in [0.25, 0.3) is 0 Å². The molecule has 0 aliphatic rings. The van der Waals surface area contributed by atoms with Crippen molar-refractivity contribution in [3.63, 3.8) is 0 Å². The standard InChI is InChI=1S/C15H20ClN3/c1-3-4-15-18-7-8-19(15)14-6-5-12(9-11(2)17)10-13(14)16/h5-8,10-11H,3-4,9,17H2,1-2H3. The lowest BCUT2D eigenvalue weighted by Crippen LogP contribution is -2.17. The number of hydrogen-bond acceptors (Lipinski definition) is 2. The third-order valence-corrected chi connectivity index (χ3v) is 3.32. The van der Waals surface area contributed by atoms with E-state index in [-0.39, 0.29) is 6.04 Å². The third kappa shape index (κ3) is 3.37. The lowest BCUT2D eigenvalue weighted by molar-refractivity contribution is 0.737. The van der Waals surface area contributed by atoms with Gasteiger partial charge in [0, 0.05) is 24.9 Å². The van der Waals surface area contributed by atoms with Gasteiger partial charge >= 0.3 is 0 Å². The van der Waals surface area contributed by atoms with Crippen LogP contribution in [0, 0.1) is 0 Å². The first kappa shape index (κ1) is 14.1. The highest BCUT2D eigenvalue weighted by Gasteiger charge is 2.09. The molecule has 0 amide bonds. The number of hydrogen-bond donors (Lipinski definition) is 1. The number of imidazole rings is 1. The first-order valence-electron chi connectivity index (χ1n) is 6.68. The van der Waals surface area contributed by atoms with Gasteiger partial charge in [-0.15, -0.1) is 0 Å². The predicted octanol–water partition coefficient (Wildman–Crippen LogP) is 3.37. The Morgan fingerprint density at radius 3 is 2.84 bits per heavy atom. The van der Waals surface area contributed by atoms with E-state index in [0.717, 1.165) is 35.8 Å². The Labute approximate surface area is 119 Å². The number of aryl methyl sites for hydroxylation is 1. The average Bonchev–Trinajstić information content (AvgIpc) is 2.77. The van der Waals surface area contributed by atoms with Crippen LogP contribution < -0.4 is 5.73 Å². The van der Waals surface area contributed by atoms with Crippen LogP contribution in [-0.2, 0) is 12.8 Å². The molecule has 19 heavy (non-hydrogen) atoms. The quantitative estimate of drug-likeness (QED) is 0.911. The third-order valence-electron chi connectivity index (χ3n) is 3.02. The van der Waals surface area contributed by atoms with Crippen molar-refractivity contribution in [2.45, 2.75) is 39.2 Å². The lowest BCUT2D eigenvalue weighted by atomic mass is 10.1. The number of nitrogens with two attached hydrogens (primary N) is 1. The average molecular weight is 278 g/mol. The van der Waals surface area contributed by atoms with Gasteiger partial charge in [0.05, 0.1) is 10.7 Å². The summed E-state index contributed by atoms with van der Waals surface area (Å²) in [6, 6.07) is 6.27. The fraction of sp³-hybridized carbons (Fsp3) is 0.400. The molecule has 2 rings (SSSR count). The summed E-state index contributed by atoms with van der Waals surface area (Å²) in [5.74, 6) is 1.05. The summed E-state index contributed by atoms with van der Waals surface area (Å²) in [4.78, 5) is 4.38. The van der Waals surface area contributed by atoms with Gasteiger partial charge in [-0.05, 0) is 37.5 Å². The van der Waals surface area contributed by atoms with Crippen molar-refractivity contribution in [1.82, 2.24) is 9.55 Å². The zero-order valence-corrected chi connectivity index (χ0v) is 12.2. The molecular weight excluding hydrogens is 258 g/mol. The van der Waals surface area contributed by atoms with Crippen molar-refractivity contribution in [3.8, 4) is 5.69 Å². The van der Waals surface area contributed by atoms with E-state index in [2.05, 4.69) is 22.5 Å². The molecule has 0 bridgehead atoms. The SMILES string of the molecule is CCCc1nccn1-c1ccc(CC(C)N)cc1Cl. The molecule has 102 valence electrons. The van der Waals surface area contributed by atoms with Crippen molar-refractivity contribution < 1.29 is 0 Å². The minimum absolute atomic E-state index is 0.144. The molecule has 0 saturated heterocycles.